The summed E-state index contributed by atoms with van der Waals surface area (Å²) in [5, 5.41) is 4.79. The predicted molar refractivity (Wildman–Crippen MR) is 101 cm³/mol. The van der Waals surface area contributed by atoms with Crippen LogP contribution in [0.4, 0.5) is 18.9 Å². The second-order valence-corrected chi connectivity index (χ2v) is 7.58. The SMILES string of the molecule is CNC(=O)[C@@H]1C[C@@H]2CCC[C@@H]2N1C(=O)c1cc(NC(=O)CCl)cc(C(F)(F)F)c1. The van der Waals surface area contributed by atoms with E-state index in [1.165, 1.54) is 18.0 Å². The molecular formula is C19H21ClF3N3O3. The first-order valence-electron chi connectivity index (χ1n) is 9.28. The van der Waals surface area contributed by atoms with Gasteiger partial charge in [-0.3, -0.25) is 14.4 Å². The monoisotopic (exact) mass is 431 g/mol. The average molecular weight is 432 g/mol. The summed E-state index contributed by atoms with van der Waals surface area (Å²) < 4.78 is 40.1. The van der Waals surface area contributed by atoms with Crippen molar-refractivity contribution in [2.75, 3.05) is 18.2 Å². The van der Waals surface area contributed by atoms with Crippen molar-refractivity contribution < 1.29 is 27.6 Å². The van der Waals surface area contributed by atoms with Gasteiger partial charge in [-0.1, -0.05) is 6.42 Å². The van der Waals surface area contributed by atoms with Gasteiger partial charge in [0, 0.05) is 24.3 Å². The van der Waals surface area contributed by atoms with Gasteiger partial charge in [-0.2, -0.15) is 13.2 Å². The van der Waals surface area contributed by atoms with E-state index >= 15 is 0 Å². The van der Waals surface area contributed by atoms with Crippen molar-refractivity contribution >= 4 is 35.0 Å². The maximum absolute atomic E-state index is 13.4. The number of benzene rings is 1. The largest absolute Gasteiger partial charge is 0.416 e. The quantitative estimate of drug-likeness (QED) is 0.719. The molecule has 1 aromatic rings. The minimum absolute atomic E-state index is 0.155. The minimum Gasteiger partial charge on any atom is -0.357 e. The van der Waals surface area contributed by atoms with Crippen LogP contribution in [0.5, 0.6) is 0 Å². The van der Waals surface area contributed by atoms with Crippen LogP contribution in [0.3, 0.4) is 0 Å². The second kappa shape index (κ2) is 8.22. The fraction of sp³-hybridized carbons (Fsp3) is 0.526. The van der Waals surface area contributed by atoms with Gasteiger partial charge in [0.05, 0.1) is 5.56 Å². The normalized spacial score (nSPS) is 23.6. The molecule has 0 bridgehead atoms. The number of rotatable bonds is 4. The van der Waals surface area contributed by atoms with Crippen LogP contribution in [0, 0.1) is 5.92 Å². The number of nitrogens with one attached hydrogen (secondary N) is 2. The fourth-order valence-corrected chi connectivity index (χ4v) is 4.38. The third-order valence-corrected chi connectivity index (χ3v) is 5.78. The lowest BCUT2D eigenvalue weighted by atomic mass is 10.0. The molecule has 0 aromatic heterocycles. The molecule has 1 heterocycles. The zero-order valence-electron chi connectivity index (χ0n) is 15.7. The van der Waals surface area contributed by atoms with Gasteiger partial charge in [0.1, 0.15) is 11.9 Å². The van der Waals surface area contributed by atoms with E-state index in [0.717, 1.165) is 25.0 Å². The van der Waals surface area contributed by atoms with Crippen LogP contribution in [-0.4, -0.2) is 47.6 Å². The lowest BCUT2D eigenvalue weighted by Crippen LogP contribution is -2.48. The van der Waals surface area contributed by atoms with Crippen LogP contribution in [0.15, 0.2) is 18.2 Å². The van der Waals surface area contributed by atoms with Crippen LogP contribution >= 0.6 is 11.6 Å². The number of halogens is 4. The van der Waals surface area contributed by atoms with Gasteiger partial charge in [0.25, 0.3) is 5.91 Å². The summed E-state index contributed by atoms with van der Waals surface area (Å²) >= 11 is 5.41. The number of carbonyl (C=O) groups is 3. The summed E-state index contributed by atoms with van der Waals surface area (Å²) in [7, 11) is 1.46. The average Bonchev–Trinajstić information content (AvgIpc) is 3.26. The molecule has 3 amide bonds. The van der Waals surface area contributed by atoms with E-state index in [1.54, 1.807) is 0 Å². The molecule has 10 heteroatoms. The van der Waals surface area contributed by atoms with E-state index in [2.05, 4.69) is 10.6 Å². The Morgan fingerprint density at radius 1 is 1.21 bits per heavy atom. The van der Waals surface area contributed by atoms with Crippen LogP contribution < -0.4 is 10.6 Å². The molecule has 2 fully saturated rings. The lowest BCUT2D eigenvalue weighted by Gasteiger charge is -2.29. The van der Waals surface area contributed by atoms with Crippen molar-refractivity contribution in [3.63, 3.8) is 0 Å². The Bertz CT molecular complexity index is 831. The third kappa shape index (κ3) is 4.34. The third-order valence-electron chi connectivity index (χ3n) is 5.53. The van der Waals surface area contributed by atoms with Gasteiger partial charge in [0.2, 0.25) is 11.8 Å². The van der Waals surface area contributed by atoms with Crippen molar-refractivity contribution in [3.8, 4) is 0 Å². The summed E-state index contributed by atoms with van der Waals surface area (Å²) in [5.41, 5.74) is -1.47. The number of likely N-dealkylation sites (tertiary alicyclic amines) is 1. The standard InChI is InChI=1S/C19H21ClF3N3O3/c1-24-17(28)15-7-10-3-2-4-14(10)26(15)18(29)11-5-12(19(21,22)23)8-13(6-11)25-16(27)9-20/h5-6,8,10,14-15H,2-4,7,9H2,1H3,(H,24,28)(H,25,27)/t10-,14-,15-/m0/s1. The van der Waals surface area contributed by atoms with Crippen molar-refractivity contribution in [1.29, 1.82) is 0 Å². The fourth-order valence-electron chi connectivity index (χ4n) is 4.31. The second-order valence-electron chi connectivity index (χ2n) is 7.32. The molecule has 1 saturated carbocycles. The number of nitrogens with zero attached hydrogens (tertiary/aromatic N) is 1. The van der Waals surface area contributed by atoms with Gasteiger partial charge in [-0.25, -0.2) is 0 Å². The summed E-state index contributed by atoms with van der Waals surface area (Å²) in [4.78, 5) is 38.5. The summed E-state index contributed by atoms with van der Waals surface area (Å²) in [6, 6.07) is 1.78. The summed E-state index contributed by atoms with van der Waals surface area (Å²) in [6.07, 6.45) is -1.73. The number of likely N-dealkylation sites (N-methyl/N-ethyl adjacent to an activating group) is 1. The highest BCUT2D eigenvalue weighted by Gasteiger charge is 2.48. The molecule has 3 rings (SSSR count). The Labute approximate surface area is 170 Å². The first-order valence-corrected chi connectivity index (χ1v) is 9.81. The van der Waals surface area contributed by atoms with Crippen LogP contribution in [0.25, 0.3) is 0 Å². The van der Waals surface area contributed by atoms with Gasteiger partial charge >= 0.3 is 6.18 Å². The molecule has 0 spiro atoms. The maximum Gasteiger partial charge on any atom is 0.416 e. The van der Waals surface area contributed by atoms with Crippen molar-refractivity contribution in [1.82, 2.24) is 10.2 Å². The van der Waals surface area contributed by atoms with Crippen LogP contribution in [0.1, 0.15) is 41.6 Å². The lowest BCUT2D eigenvalue weighted by molar-refractivity contribution is -0.137. The first kappa shape index (κ1) is 21.4. The smallest absolute Gasteiger partial charge is 0.357 e. The van der Waals surface area contributed by atoms with Crippen LogP contribution in [-0.2, 0) is 15.8 Å². The van der Waals surface area contributed by atoms with Gasteiger partial charge in [-0.15, -0.1) is 11.6 Å². The molecule has 2 aliphatic rings. The zero-order valence-corrected chi connectivity index (χ0v) is 16.4. The molecule has 158 valence electrons. The Hall–Kier alpha value is -2.29. The summed E-state index contributed by atoms with van der Waals surface area (Å²) in [6.45, 7) is 0. The molecule has 2 N–H and O–H groups in total. The number of hydrogen-bond donors (Lipinski definition) is 2. The molecule has 1 aromatic carbocycles. The molecule has 1 aliphatic carbocycles. The van der Waals surface area contributed by atoms with E-state index in [9.17, 15) is 27.6 Å². The first-order chi connectivity index (χ1) is 13.7. The highest BCUT2D eigenvalue weighted by molar-refractivity contribution is 6.29. The Balaban J connectivity index is 2.00. The number of hydrogen-bond acceptors (Lipinski definition) is 3. The topological polar surface area (TPSA) is 78.5 Å². The molecule has 6 nitrogen and oxygen atoms in total. The van der Waals surface area contributed by atoms with E-state index in [4.69, 9.17) is 11.6 Å². The highest BCUT2D eigenvalue weighted by atomic mass is 35.5. The Morgan fingerprint density at radius 3 is 2.55 bits per heavy atom. The Kier molecular flexibility index (Phi) is 6.07. The van der Waals surface area contributed by atoms with E-state index < -0.39 is 35.5 Å². The maximum atomic E-state index is 13.4. The minimum atomic E-state index is -4.71. The molecule has 3 atom stereocenters. The number of fused-ring (bicyclic) bond motifs is 1. The molecule has 1 saturated heterocycles. The van der Waals surface area contributed by atoms with Gasteiger partial charge < -0.3 is 15.5 Å². The molecule has 1 aliphatic heterocycles. The molecule has 0 unspecified atom stereocenters. The predicted octanol–water partition coefficient (Wildman–Crippen LogP) is 3.01. The van der Waals surface area contributed by atoms with Gasteiger partial charge in [-0.05, 0) is 43.4 Å². The molecular weight excluding hydrogens is 411 g/mol. The van der Waals surface area contributed by atoms with Crippen LogP contribution in [0.2, 0.25) is 0 Å². The van der Waals surface area contributed by atoms with Crippen molar-refractivity contribution in [2.45, 2.75) is 43.9 Å². The number of amides is 3. The van der Waals surface area contributed by atoms with Crippen molar-refractivity contribution in [3.05, 3.63) is 29.3 Å². The van der Waals surface area contributed by atoms with E-state index in [-0.39, 0.29) is 29.1 Å². The summed E-state index contributed by atoms with van der Waals surface area (Å²) in [5.74, 6) is -1.96. The number of alkyl halides is 4. The van der Waals surface area contributed by atoms with E-state index in [1.807, 2.05) is 0 Å². The molecule has 0 radical (unpaired) electrons. The zero-order chi connectivity index (χ0) is 21.3. The Morgan fingerprint density at radius 2 is 1.93 bits per heavy atom. The van der Waals surface area contributed by atoms with Crippen molar-refractivity contribution in [2.24, 2.45) is 5.92 Å². The highest BCUT2D eigenvalue weighted by Crippen LogP contribution is 2.42. The number of anilines is 1. The molecule has 29 heavy (non-hydrogen) atoms. The number of carbonyl (C=O) groups excluding carboxylic acids is 3. The van der Waals surface area contributed by atoms with E-state index in [0.29, 0.717) is 12.8 Å². The van der Waals surface area contributed by atoms with Gasteiger partial charge in [0.15, 0.2) is 0 Å².